The monoisotopic (exact) mass is 190 g/mol. The summed E-state index contributed by atoms with van der Waals surface area (Å²) in [6.07, 6.45) is 1.98. The standard InChI is InChI=1S/C11H14N2O/c1-8(14)13-7-3-4-9-10(12)5-2-6-11(9)13/h2,5-6H,3-4,7,12H2,1H3. The molecule has 0 saturated heterocycles. The quantitative estimate of drug-likeness (QED) is 0.631. The Labute approximate surface area is 83.5 Å². The number of anilines is 2. The van der Waals surface area contributed by atoms with Crippen LogP contribution in [0.4, 0.5) is 11.4 Å². The smallest absolute Gasteiger partial charge is 0.223 e. The fraction of sp³-hybridized carbons (Fsp3) is 0.364. The van der Waals surface area contributed by atoms with Gasteiger partial charge in [0.15, 0.2) is 0 Å². The van der Waals surface area contributed by atoms with Gasteiger partial charge in [0.05, 0.1) is 0 Å². The number of fused-ring (bicyclic) bond motifs is 1. The van der Waals surface area contributed by atoms with E-state index in [0.717, 1.165) is 36.3 Å². The average Bonchev–Trinajstić information content (AvgIpc) is 2.17. The molecule has 1 heterocycles. The minimum Gasteiger partial charge on any atom is -0.398 e. The van der Waals surface area contributed by atoms with Crippen LogP contribution in [0.5, 0.6) is 0 Å². The van der Waals surface area contributed by atoms with Crippen molar-refractivity contribution in [2.75, 3.05) is 17.2 Å². The van der Waals surface area contributed by atoms with Gasteiger partial charge >= 0.3 is 0 Å². The SMILES string of the molecule is CC(=O)N1CCCc2c(N)cccc21. The van der Waals surface area contributed by atoms with Crippen LogP contribution in [0.1, 0.15) is 18.9 Å². The lowest BCUT2D eigenvalue weighted by Gasteiger charge is -2.29. The Morgan fingerprint density at radius 3 is 3.00 bits per heavy atom. The Kier molecular flexibility index (Phi) is 2.15. The molecule has 1 aromatic carbocycles. The van der Waals surface area contributed by atoms with E-state index in [1.807, 2.05) is 18.2 Å². The van der Waals surface area contributed by atoms with Crippen molar-refractivity contribution in [1.82, 2.24) is 0 Å². The zero-order valence-corrected chi connectivity index (χ0v) is 8.29. The van der Waals surface area contributed by atoms with Crippen molar-refractivity contribution in [1.29, 1.82) is 0 Å². The molecule has 0 aromatic heterocycles. The van der Waals surface area contributed by atoms with E-state index < -0.39 is 0 Å². The van der Waals surface area contributed by atoms with Crippen molar-refractivity contribution in [3.63, 3.8) is 0 Å². The summed E-state index contributed by atoms with van der Waals surface area (Å²) in [5.74, 6) is 0.0940. The van der Waals surface area contributed by atoms with E-state index in [2.05, 4.69) is 0 Å². The average molecular weight is 190 g/mol. The Bertz CT molecular complexity index is 374. The highest BCUT2D eigenvalue weighted by molar-refractivity contribution is 5.93. The van der Waals surface area contributed by atoms with Crippen LogP contribution in [0.25, 0.3) is 0 Å². The summed E-state index contributed by atoms with van der Waals surface area (Å²) in [6, 6.07) is 5.75. The number of carbonyl (C=O) groups is 1. The highest BCUT2D eigenvalue weighted by atomic mass is 16.2. The number of benzene rings is 1. The predicted molar refractivity (Wildman–Crippen MR) is 57.2 cm³/mol. The van der Waals surface area contributed by atoms with E-state index in [0.29, 0.717) is 0 Å². The summed E-state index contributed by atoms with van der Waals surface area (Å²) in [5, 5.41) is 0. The van der Waals surface area contributed by atoms with Crippen LogP contribution in [-0.4, -0.2) is 12.5 Å². The molecule has 0 radical (unpaired) electrons. The van der Waals surface area contributed by atoms with Gasteiger partial charge in [0.2, 0.25) is 5.91 Å². The van der Waals surface area contributed by atoms with Crippen LogP contribution in [0.2, 0.25) is 0 Å². The van der Waals surface area contributed by atoms with Gasteiger partial charge in [-0.1, -0.05) is 6.07 Å². The second-order valence-electron chi connectivity index (χ2n) is 3.62. The maximum absolute atomic E-state index is 11.4. The minimum absolute atomic E-state index is 0.0940. The number of hydrogen-bond donors (Lipinski definition) is 1. The molecule has 1 amide bonds. The van der Waals surface area contributed by atoms with Crippen LogP contribution in [0.3, 0.4) is 0 Å². The fourth-order valence-electron chi connectivity index (χ4n) is 1.98. The first-order valence-electron chi connectivity index (χ1n) is 4.85. The van der Waals surface area contributed by atoms with E-state index in [-0.39, 0.29) is 5.91 Å². The van der Waals surface area contributed by atoms with E-state index in [4.69, 9.17) is 5.73 Å². The number of nitrogens with two attached hydrogens (primary N) is 1. The predicted octanol–water partition coefficient (Wildman–Crippen LogP) is 1.57. The molecule has 3 nitrogen and oxygen atoms in total. The molecular weight excluding hydrogens is 176 g/mol. The maximum Gasteiger partial charge on any atom is 0.223 e. The third-order valence-electron chi connectivity index (χ3n) is 2.67. The highest BCUT2D eigenvalue weighted by Gasteiger charge is 2.20. The second kappa shape index (κ2) is 3.33. The number of nitrogen functional groups attached to an aromatic ring is 1. The minimum atomic E-state index is 0.0940. The van der Waals surface area contributed by atoms with Gasteiger partial charge in [-0.15, -0.1) is 0 Å². The van der Waals surface area contributed by atoms with Crippen LogP contribution in [0.15, 0.2) is 18.2 Å². The van der Waals surface area contributed by atoms with Gasteiger partial charge in [0.1, 0.15) is 0 Å². The number of amides is 1. The fourth-order valence-corrected chi connectivity index (χ4v) is 1.98. The van der Waals surface area contributed by atoms with Crippen LogP contribution >= 0.6 is 0 Å². The molecule has 0 aliphatic carbocycles. The lowest BCUT2D eigenvalue weighted by Crippen LogP contribution is -2.33. The zero-order chi connectivity index (χ0) is 10.1. The molecule has 2 rings (SSSR count). The Balaban J connectivity index is 2.49. The first kappa shape index (κ1) is 9.06. The van der Waals surface area contributed by atoms with Crippen molar-refractivity contribution >= 4 is 17.3 Å². The molecule has 1 aliphatic rings. The molecule has 0 atom stereocenters. The van der Waals surface area contributed by atoms with E-state index >= 15 is 0 Å². The molecule has 0 unspecified atom stereocenters. The van der Waals surface area contributed by atoms with Gasteiger partial charge in [-0.25, -0.2) is 0 Å². The summed E-state index contributed by atoms with van der Waals surface area (Å²) >= 11 is 0. The number of hydrogen-bond acceptors (Lipinski definition) is 2. The maximum atomic E-state index is 11.4. The summed E-state index contributed by atoms with van der Waals surface area (Å²) in [5.41, 5.74) is 8.77. The van der Waals surface area contributed by atoms with Gasteiger partial charge < -0.3 is 10.6 Å². The first-order valence-corrected chi connectivity index (χ1v) is 4.85. The third kappa shape index (κ3) is 1.35. The molecule has 1 aromatic rings. The molecular formula is C11H14N2O. The summed E-state index contributed by atoms with van der Waals surface area (Å²) in [6.45, 7) is 2.41. The lowest BCUT2D eigenvalue weighted by molar-refractivity contribution is -0.116. The van der Waals surface area contributed by atoms with Crippen molar-refractivity contribution < 1.29 is 4.79 Å². The van der Waals surface area contributed by atoms with E-state index in [9.17, 15) is 4.79 Å². The van der Waals surface area contributed by atoms with E-state index in [1.54, 1.807) is 11.8 Å². The number of carbonyl (C=O) groups excluding carboxylic acids is 1. The van der Waals surface area contributed by atoms with Gasteiger partial charge in [0.25, 0.3) is 0 Å². The van der Waals surface area contributed by atoms with Crippen LogP contribution in [0, 0.1) is 0 Å². The molecule has 0 saturated carbocycles. The van der Waals surface area contributed by atoms with Gasteiger partial charge in [-0.2, -0.15) is 0 Å². The van der Waals surface area contributed by atoms with Crippen molar-refractivity contribution in [3.05, 3.63) is 23.8 Å². The largest absolute Gasteiger partial charge is 0.398 e. The Morgan fingerprint density at radius 2 is 2.29 bits per heavy atom. The van der Waals surface area contributed by atoms with Gasteiger partial charge in [-0.3, -0.25) is 4.79 Å². The van der Waals surface area contributed by atoms with Gasteiger partial charge in [0, 0.05) is 24.8 Å². The molecule has 0 fully saturated rings. The first-order chi connectivity index (χ1) is 6.70. The van der Waals surface area contributed by atoms with Crippen molar-refractivity contribution in [2.24, 2.45) is 0 Å². The van der Waals surface area contributed by atoms with E-state index in [1.165, 1.54) is 0 Å². The lowest BCUT2D eigenvalue weighted by atomic mass is 10.00. The van der Waals surface area contributed by atoms with Gasteiger partial charge in [-0.05, 0) is 30.5 Å². The zero-order valence-electron chi connectivity index (χ0n) is 8.29. The number of rotatable bonds is 0. The van der Waals surface area contributed by atoms with Crippen molar-refractivity contribution in [2.45, 2.75) is 19.8 Å². The summed E-state index contributed by atoms with van der Waals surface area (Å²) in [7, 11) is 0. The second-order valence-corrected chi connectivity index (χ2v) is 3.62. The topological polar surface area (TPSA) is 46.3 Å². The van der Waals surface area contributed by atoms with Crippen molar-refractivity contribution in [3.8, 4) is 0 Å². The molecule has 0 bridgehead atoms. The highest BCUT2D eigenvalue weighted by Crippen LogP contribution is 2.30. The number of nitrogens with zero attached hydrogens (tertiary/aromatic N) is 1. The Morgan fingerprint density at radius 1 is 1.50 bits per heavy atom. The molecule has 0 spiro atoms. The molecule has 1 aliphatic heterocycles. The van der Waals surface area contributed by atoms with Crippen LogP contribution < -0.4 is 10.6 Å². The summed E-state index contributed by atoms with van der Waals surface area (Å²) < 4.78 is 0. The molecule has 3 heteroatoms. The normalized spacial score (nSPS) is 15.1. The molecule has 2 N–H and O–H groups in total. The molecule has 14 heavy (non-hydrogen) atoms. The summed E-state index contributed by atoms with van der Waals surface area (Å²) in [4.78, 5) is 13.2. The van der Waals surface area contributed by atoms with Crippen LogP contribution in [-0.2, 0) is 11.2 Å². The Hall–Kier alpha value is -1.51. The third-order valence-corrected chi connectivity index (χ3v) is 2.67. The molecule has 74 valence electrons.